The van der Waals surface area contributed by atoms with Gasteiger partial charge >= 0.3 is 0 Å². The smallest absolute Gasteiger partial charge is 0.137 e. The Morgan fingerprint density at radius 3 is 2.67 bits per heavy atom. The summed E-state index contributed by atoms with van der Waals surface area (Å²) in [6.45, 7) is 0.275. The van der Waals surface area contributed by atoms with Gasteiger partial charge in [0.1, 0.15) is 18.2 Å². The first kappa shape index (κ1) is 13.7. The van der Waals surface area contributed by atoms with Crippen LogP contribution < -0.4 is 4.74 Å². The highest BCUT2D eigenvalue weighted by Gasteiger charge is 2.06. The molecule has 0 aromatic heterocycles. The van der Waals surface area contributed by atoms with Gasteiger partial charge in [0.05, 0.1) is 14.5 Å². The van der Waals surface area contributed by atoms with E-state index in [2.05, 4.69) is 15.9 Å². The summed E-state index contributed by atoms with van der Waals surface area (Å²) < 4.78 is 18.9. The fraction of sp³-hybridized carbons (Fsp3) is 0.0769. The average Bonchev–Trinajstić information content (AvgIpc) is 2.35. The average molecular weight is 350 g/mol. The van der Waals surface area contributed by atoms with E-state index < -0.39 is 0 Å². The van der Waals surface area contributed by atoms with Gasteiger partial charge in [0.15, 0.2) is 0 Å². The Bertz CT molecular complexity index is 575. The Hall–Kier alpha value is -0.770. The maximum absolute atomic E-state index is 13.0. The molecule has 0 spiro atoms. The summed E-state index contributed by atoms with van der Waals surface area (Å²) in [4.78, 5) is 0. The van der Waals surface area contributed by atoms with Crippen LogP contribution in [0, 0.1) is 5.82 Å². The van der Waals surface area contributed by atoms with E-state index in [0.29, 0.717) is 20.3 Å². The molecule has 5 heteroatoms. The van der Waals surface area contributed by atoms with Crippen molar-refractivity contribution >= 4 is 39.1 Å². The first-order valence-corrected chi connectivity index (χ1v) is 6.63. The Balaban J connectivity index is 2.11. The molecule has 0 aliphatic heterocycles. The van der Waals surface area contributed by atoms with E-state index in [4.69, 9.17) is 27.9 Å². The van der Waals surface area contributed by atoms with E-state index in [0.717, 1.165) is 5.56 Å². The van der Waals surface area contributed by atoms with Gasteiger partial charge in [-0.05, 0) is 40.2 Å². The Kier molecular flexibility index (Phi) is 4.49. The Morgan fingerprint density at radius 2 is 1.94 bits per heavy atom. The number of benzene rings is 2. The van der Waals surface area contributed by atoms with Gasteiger partial charge in [-0.1, -0.05) is 35.3 Å². The second-order valence-electron chi connectivity index (χ2n) is 3.58. The van der Waals surface area contributed by atoms with E-state index in [-0.39, 0.29) is 12.4 Å². The molecule has 0 saturated carbocycles. The SMILES string of the molecule is Fc1ccc(OCc2cccc(Cl)c2Cl)cc1Br. The van der Waals surface area contributed by atoms with Crippen LogP contribution in [-0.2, 0) is 6.61 Å². The predicted octanol–water partition coefficient (Wildman–Crippen LogP) is 5.47. The molecular weight excluding hydrogens is 342 g/mol. The van der Waals surface area contributed by atoms with Gasteiger partial charge in [-0.3, -0.25) is 0 Å². The zero-order chi connectivity index (χ0) is 13.1. The number of ether oxygens (including phenoxy) is 1. The summed E-state index contributed by atoms with van der Waals surface area (Å²) in [6.07, 6.45) is 0. The van der Waals surface area contributed by atoms with Crippen LogP contribution in [0.5, 0.6) is 5.75 Å². The molecule has 0 atom stereocenters. The van der Waals surface area contributed by atoms with Crippen molar-refractivity contribution in [2.24, 2.45) is 0 Å². The monoisotopic (exact) mass is 348 g/mol. The molecular formula is C13H8BrCl2FO. The van der Waals surface area contributed by atoms with Crippen molar-refractivity contribution in [1.29, 1.82) is 0 Å². The summed E-state index contributed by atoms with van der Waals surface area (Å²) in [7, 11) is 0. The highest BCUT2D eigenvalue weighted by atomic mass is 79.9. The predicted molar refractivity (Wildman–Crippen MR) is 74.9 cm³/mol. The number of rotatable bonds is 3. The van der Waals surface area contributed by atoms with Gasteiger partial charge in [-0.15, -0.1) is 0 Å². The van der Waals surface area contributed by atoms with Crippen LogP contribution >= 0.6 is 39.1 Å². The van der Waals surface area contributed by atoms with Gasteiger partial charge < -0.3 is 4.74 Å². The quantitative estimate of drug-likeness (QED) is 0.713. The van der Waals surface area contributed by atoms with E-state index in [1.165, 1.54) is 6.07 Å². The number of hydrogen-bond acceptors (Lipinski definition) is 1. The minimum atomic E-state index is -0.330. The van der Waals surface area contributed by atoms with Crippen LogP contribution in [0.3, 0.4) is 0 Å². The zero-order valence-corrected chi connectivity index (χ0v) is 12.2. The standard InChI is InChI=1S/C13H8BrCl2FO/c14-10-6-9(4-5-12(10)17)18-7-8-2-1-3-11(15)13(8)16/h1-6H,7H2. The third-order valence-electron chi connectivity index (χ3n) is 2.32. The van der Waals surface area contributed by atoms with E-state index in [1.807, 2.05) is 6.07 Å². The van der Waals surface area contributed by atoms with Gasteiger partial charge in [-0.25, -0.2) is 4.39 Å². The molecule has 18 heavy (non-hydrogen) atoms. The Labute approximate surface area is 123 Å². The topological polar surface area (TPSA) is 9.23 Å². The van der Waals surface area contributed by atoms with E-state index >= 15 is 0 Å². The molecule has 0 aliphatic rings. The van der Waals surface area contributed by atoms with Crippen molar-refractivity contribution in [3.8, 4) is 5.75 Å². The molecule has 0 saturated heterocycles. The highest BCUT2D eigenvalue weighted by molar-refractivity contribution is 9.10. The van der Waals surface area contributed by atoms with E-state index in [9.17, 15) is 4.39 Å². The second-order valence-corrected chi connectivity index (χ2v) is 5.22. The minimum absolute atomic E-state index is 0.275. The number of halogens is 4. The van der Waals surface area contributed by atoms with Crippen molar-refractivity contribution in [3.05, 3.63) is 62.3 Å². The van der Waals surface area contributed by atoms with Crippen molar-refractivity contribution < 1.29 is 9.13 Å². The molecule has 0 fully saturated rings. The van der Waals surface area contributed by atoms with Gasteiger partial charge in [0.25, 0.3) is 0 Å². The maximum atomic E-state index is 13.0. The summed E-state index contributed by atoms with van der Waals surface area (Å²) in [6, 6.07) is 9.79. The first-order valence-electron chi connectivity index (χ1n) is 5.08. The molecule has 1 nitrogen and oxygen atoms in total. The van der Waals surface area contributed by atoms with Crippen LogP contribution in [0.25, 0.3) is 0 Å². The fourth-order valence-corrected chi connectivity index (χ4v) is 2.12. The first-order chi connectivity index (χ1) is 8.58. The van der Waals surface area contributed by atoms with Crippen molar-refractivity contribution in [2.75, 3.05) is 0 Å². The van der Waals surface area contributed by atoms with Crippen LogP contribution in [-0.4, -0.2) is 0 Å². The zero-order valence-electron chi connectivity index (χ0n) is 9.09. The van der Waals surface area contributed by atoms with Gasteiger partial charge in [0, 0.05) is 5.56 Å². The van der Waals surface area contributed by atoms with E-state index in [1.54, 1.807) is 24.3 Å². The largest absolute Gasteiger partial charge is 0.489 e. The van der Waals surface area contributed by atoms with Crippen LogP contribution in [0.1, 0.15) is 5.56 Å². The molecule has 2 rings (SSSR count). The van der Waals surface area contributed by atoms with Crippen LogP contribution in [0.15, 0.2) is 40.9 Å². The minimum Gasteiger partial charge on any atom is -0.489 e. The molecule has 0 radical (unpaired) electrons. The van der Waals surface area contributed by atoms with Crippen molar-refractivity contribution in [1.82, 2.24) is 0 Å². The highest BCUT2D eigenvalue weighted by Crippen LogP contribution is 2.27. The molecule has 2 aromatic rings. The molecule has 0 aliphatic carbocycles. The van der Waals surface area contributed by atoms with Crippen molar-refractivity contribution in [2.45, 2.75) is 6.61 Å². The van der Waals surface area contributed by atoms with Gasteiger partial charge in [0.2, 0.25) is 0 Å². The van der Waals surface area contributed by atoms with Crippen LogP contribution in [0.2, 0.25) is 10.0 Å². The molecule has 0 amide bonds. The molecule has 0 N–H and O–H groups in total. The summed E-state index contributed by atoms with van der Waals surface area (Å²) in [5.41, 5.74) is 0.782. The fourth-order valence-electron chi connectivity index (χ4n) is 1.39. The van der Waals surface area contributed by atoms with Crippen molar-refractivity contribution in [3.63, 3.8) is 0 Å². The lowest BCUT2D eigenvalue weighted by molar-refractivity contribution is 0.305. The normalized spacial score (nSPS) is 10.4. The summed E-state index contributed by atoms with van der Waals surface area (Å²) in [5, 5.41) is 0.957. The molecule has 94 valence electrons. The molecule has 0 heterocycles. The molecule has 0 unspecified atom stereocenters. The molecule has 0 bridgehead atoms. The molecule has 2 aromatic carbocycles. The third-order valence-corrected chi connectivity index (χ3v) is 3.78. The Morgan fingerprint density at radius 1 is 1.17 bits per heavy atom. The summed E-state index contributed by atoms with van der Waals surface area (Å²) in [5.74, 6) is 0.224. The number of hydrogen-bond donors (Lipinski definition) is 0. The maximum Gasteiger partial charge on any atom is 0.137 e. The lowest BCUT2D eigenvalue weighted by atomic mass is 10.2. The lowest BCUT2D eigenvalue weighted by Gasteiger charge is -2.09. The lowest BCUT2D eigenvalue weighted by Crippen LogP contribution is -1.96. The summed E-state index contributed by atoms with van der Waals surface area (Å²) >= 11 is 15.0. The third kappa shape index (κ3) is 3.16. The van der Waals surface area contributed by atoms with Gasteiger partial charge in [-0.2, -0.15) is 0 Å². The van der Waals surface area contributed by atoms with Crippen LogP contribution in [0.4, 0.5) is 4.39 Å². The second kappa shape index (κ2) is 5.91.